The van der Waals surface area contributed by atoms with Gasteiger partial charge in [0, 0.05) is 0 Å². The summed E-state index contributed by atoms with van der Waals surface area (Å²) >= 11 is 0. The third-order valence-electron chi connectivity index (χ3n) is 3.04. The predicted octanol–water partition coefficient (Wildman–Crippen LogP) is 3.46. The fourth-order valence-corrected chi connectivity index (χ4v) is 2.16. The molecule has 1 N–H and O–H groups in total. The molecule has 1 aliphatic heterocycles. The van der Waals surface area contributed by atoms with Gasteiger partial charge in [-0.1, -0.05) is 24.6 Å². The van der Waals surface area contributed by atoms with Crippen molar-refractivity contribution in [2.24, 2.45) is 0 Å². The van der Waals surface area contributed by atoms with Crippen LogP contribution in [0.1, 0.15) is 38.8 Å². The molecule has 2 rings (SSSR count). The summed E-state index contributed by atoms with van der Waals surface area (Å²) in [5, 5.41) is 3.55. The zero-order valence-corrected chi connectivity index (χ0v) is 12.0. The van der Waals surface area contributed by atoms with Crippen molar-refractivity contribution >= 4 is 0 Å². The molecule has 0 radical (unpaired) electrons. The Morgan fingerprint density at radius 1 is 1.26 bits per heavy atom. The zero-order chi connectivity index (χ0) is 13.7. The number of hydrogen-bond acceptors (Lipinski definition) is 3. The molecule has 0 aliphatic carbocycles. The Kier molecular flexibility index (Phi) is 4.86. The molecular weight excluding hydrogens is 238 g/mol. The van der Waals surface area contributed by atoms with E-state index in [1.165, 1.54) is 11.1 Å². The molecule has 1 aliphatic rings. The number of allylic oxidation sites excluding steroid dienone is 1. The SMILES string of the molecule is CCCNC(C=C(C)C)c1ccc2c(c1)OCCO2. The molecule has 0 aromatic heterocycles. The summed E-state index contributed by atoms with van der Waals surface area (Å²) < 4.78 is 11.2. The van der Waals surface area contributed by atoms with Gasteiger partial charge >= 0.3 is 0 Å². The lowest BCUT2D eigenvalue weighted by molar-refractivity contribution is 0.171. The van der Waals surface area contributed by atoms with Crippen LogP contribution in [-0.2, 0) is 0 Å². The Morgan fingerprint density at radius 3 is 2.68 bits per heavy atom. The molecular formula is C16H23NO2. The molecule has 0 bridgehead atoms. The van der Waals surface area contributed by atoms with Crippen LogP contribution in [0.5, 0.6) is 11.5 Å². The number of benzene rings is 1. The molecule has 1 aromatic rings. The fourth-order valence-electron chi connectivity index (χ4n) is 2.16. The summed E-state index contributed by atoms with van der Waals surface area (Å²) in [5.74, 6) is 1.70. The minimum atomic E-state index is 0.237. The minimum Gasteiger partial charge on any atom is -0.486 e. The van der Waals surface area contributed by atoms with Crippen LogP contribution < -0.4 is 14.8 Å². The van der Waals surface area contributed by atoms with Crippen LogP contribution in [-0.4, -0.2) is 19.8 Å². The maximum absolute atomic E-state index is 5.65. The molecule has 3 nitrogen and oxygen atoms in total. The van der Waals surface area contributed by atoms with Crippen LogP contribution >= 0.6 is 0 Å². The van der Waals surface area contributed by atoms with Crippen molar-refractivity contribution in [3.63, 3.8) is 0 Å². The van der Waals surface area contributed by atoms with Gasteiger partial charge in [-0.05, 0) is 44.5 Å². The highest BCUT2D eigenvalue weighted by Gasteiger charge is 2.15. The molecule has 0 saturated carbocycles. The number of ether oxygens (including phenoxy) is 2. The normalized spacial score (nSPS) is 14.9. The van der Waals surface area contributed by atoms with Crippen LogP contribution in [0.3, 0.4) is 0 Å². The fraction of sp³-hybridized carbons (Fsp3) is 0.500. The summed E-state index contributed by atoms with van der Waals surface area (Å²) in [6.45, 7) is 8.69. The van der Waals surface area contributed by atoms with E-state index in [9.17, 15) is 0 Å². The van der Waals surface area contributed by atoms with Gasteiger partial charge in [0.05, 0.1) is 6.04 Å². The monoisotopic (exact) mass is 261 g/mol. The highest BCUT2D eigenvalue weighted by atomic mass is 16.6. The first-order valence-electron chi connectivity index (χ1n) is 6.98. The van der Waals surface area contributed by atoms with E-state index in [4.69, 9.17) is 9.47 Å². The second kappa shape index (κ2) is 6.62. The van der Waals surface area contributed by atoms with Crippen LogP contribution in [0.25, 0.3) is 0 Å². The van der Waals surface area contributed by atoms with Crippen molar-refractivity contribution < 1.29 is 9.47 Å². The number of hydrogen-bond donors (Lipinski definition) is 1. The van der Waals surface area contributed by atoms with E-state index in [0.29, 0.717) is 13.2 Å². The van der Waals surface area contributed by atoms with Crippen molar-refractivity contribution in [2.75, 3.05) is 19.8 Å². The van der Waals surface area contributed by atoms with Gasteiger partial charge < -0.3 is 14.8 Å². The van der Waals surface area contributed by atoms with Crippen molar-refractivity contribution in [2.45, 2.75) is 33.2 Å². The van der Waals surface area contributed by atoms with E-state index < -0.39 is 0 Å². The summed E-state index contributed by atoms with van der Waals surface area (Å²) in [6, 6.07) is 6.44. The minimum absolute atomic E-state index is 0.237. The Balaban J connectivity index is 2.23. The van der Waals surface area contributed by atoms with Gasteiger partial charge in [-0.2, -0.15) is 0 Å². The summed E-state index contributed by atoms with van der Waals surface area (Å²) in [6.07, 6.45) is 3.37. The second-order valence-corrected chi connectivity index (χ2v) is 5.08. The van der Waals surface area contributed by atoms with Crippen LogP contribution in [0.4, 0.5) is 0 Å². The van der Waals surface area contributed by atoms with E-state index in [2.05, 4.69) is 44.3 Å². The molecule has 1 atom stereocenters. The zero-order valence-electron chi connectivity index (χ0n) is 12.0. The molecule has 0 amide bonds. The number of rotatable bonds is 5. The van der Waals surface area contributed by atoms with Crippen molar-refractivity contribution in [1.29, 1.82) is 0 Å². The highest BCUT2D eigenvalue weighted by Crippen LogP contribution is 2.33. The average molecular weight is 261 g/mol. The standard InChI is InChI=1S/C16H23NO2/c1-4-7-17-14(10-12(2)3)13-5-6-15-16(11-13)19-9-8-18-15/h5-6,10-11,14,17H,4,7-9H2,1-3H3. The molecule has 1 heterocycles. The lowest BCUT2D eigenvalue weighted by atomic mass is 10.0. The van der Waals surface area contributed by atoms with Gasteiger partial charge in [-0.15, -0.1) is 0 Å². The first kappa shape index (κ1) is 13.9. The summed E-state index contributed by atoms with van der Waals surface area (Å²) in [7, 11) is 0. The molecule has 0 saturated heterocycles. The van der Waals surface area contributed by atoms with Gasteiger partial charge in [0.15, 0.2) is 11.5 Å². The van der Waals surface area contributed by atoms with Gasteiger partial charge in [0.2, 0.25) is 0 Å². The second-order valence-electron chi connectivity index (χ2n) is 5.08. The van der Waals surface area contributed by atoms with E-state index in [1.807, 2.05) is 6.07 Å². The van der Waals surface area contributed by atoms with Crippen molar-refractivity contribution in [3.05, 3.63) is 35.4 Å². The lowest BCUT2D eigenvalue weighted by Gasteiger charge is -2.21. The predicted molar refractivity (Wildman–Crippen MR) is 77.9 cm³/mol. The van der Waals surface area contributed by atoms with E-state index in [1.54, 1.807) is 0 Å². The molecule has 19 heavy (non-hydrogen) atoms. The Morgan fingerprint density at radius 2 is 2.00 bits per heavy atom. The van der Waals surface area contributed by atoms with Gasteiger partial charge in [-0.3, -0.25) is 0 Å². The first-order chi connectivity index (χ1) is 9.20. The van der Waals surface area contributed by atoms with Gasteiger partial charge in [-0.25, -0.2) is 0 Å². The van der Waals surface area contributed by atoms with E-state index in [-0.39, 0.29) is 6.04 Å². The molecule has 104 valence electrons. The molecule has 1 unspecified atom stereocenters. The summed E-state index contributed by atoms with van der Waals surface area (Å²) in [4.78, 5) is 0. The topological polar surface area (TPSA) is 30.5 Å². The van der Waals surface area contributed by atoms with Crippen LogP contribution in [0, 0.1) is 0 Å². The highest BCUT2D eigenvalue weighted by molar-refractivity contribution is 5.45. The number of nitrogens with one attached hydrogen (secondary N) is 1. The largest absolute Gasteiger partial charge is 0.486 e. The van der Waals surface area contributed by atoms with Crippen molar-refractivity contribution in [3.8, 4) is 11.5 Å². The molecule has 1 aromatic carbocycles. The Bertz CT molecular complexity index is 450. The van der Waals surface area contributed by atoms with E-state index >= 15 is 0 Å². The van der Waals surface area contributed by atoms with Gasteiger partial charge in [0.25, 0.3) is 0 Å². The van der Waals surface area contributed by atoms with Gasteiger partial charge in [0.1, 0.15) is 13.2 Å². The Hall–Kier alpha value is -1.48. The third-order valence-corrected chi connectivity index (χ3v) is 3.04. The maximum atomic E-state index is 5.65. The van der Waals surface area contributed by atoms with Crippen LogP contribution in [0.15, 0.2) is 29.8 Å². The maximum Gasteiger partial charge on any atom is 0.161 e. The van der Waals surface area contributed by atoms with E-state index in [0.717, 1.165) is 24.5 Å². The average Bonchev–Trinajstić information content (AvgIpc) is 2.42. The molecule has 0 fully saturated rings. The quantitative estimate of drug-likeness (QED) is 0.823. The smallest absolute Gasteiger partial charge is 0.161 e. The summed E-state index contributed by atoms with van der Waals surface area (Å²) in [5.41, 5.74) is 2.53. The lowest BCUT2D eigenvalue weighted by Crippen LogP contribution is -2.21. The first-order valence-corrected chi connectivity index (χ1v) is 6.98. The van der Waals surface area contributed by atoms with Crippen molar-refractivity contribution in [1.82, 2.24) is 5.32 Å². The Labute approximate surface area is 115 Å². The molecule has 3 heteroatoms. The van der Waals surface area contributed by atoms with Crippen LogP contribution in [0.2, 0.25) is 0 Å². The number of fused-ring (bicyclic) bond motifs is 1. The molecule has 0 spiro atoms. The third kappa shape index (κ3) is 3.74.